The highest BCUT2D eigenvalue weighted by Crippen LogP contribution is 2.29. The van der Waals surface area contributed by atoms with Gasteiger partial charge in [0.2, 0.25) is 0 Å². The number of carbonyl (C=O) groups excluding carboxylic acids is 1. The minimum absolute atomic E-state index is 0.0193. The number of hydrogen-bond acceptors (Lipinski definition) is 5. The Labute approximate surface area is 177 Å². The summed E-state index contributed by atoms with van der Waals surface area (Å²) >= 11 is 0. The van der Waals surface area contributed by atoms with Gasteiger partial charge in [-0.1, -0.05) is 6.07 Å². The van der Waals surface area contributed by atoms with Crippen molar-refractivity contribution < 1.29 is 23.4 Å². The maximum absolute atomic E-state index is 13.9. The van der Waals surface area contributed by atoms with Crippen LogP contribution in [0.25, 0.3) is 0 Å². The second-order valence-corrected chi connectivity index (χ2v) is 7.06. The van der Waals surface area contributed by atoms with Crippen molar-refractivity contribution in [3.8, 4) is 17.2 Å². The zero-order valence-electron chi connectivity index (χ0n) is 17.8. The summed E-state index contributed by atoms with van der Waals surface area (Å²) in [6.45, 7) is 8.19. The Balaban J connectivity index is 1.60. The van der Waals surface area contributed by atoms with Crippen LogP contribution < -0.4 is 14.2 Å². The summed E-state index contributed by atoms with van der Waals surface area (Å²) in [5.41, 5.74) is 1.48. The SMILES string of the molecule is CCOc1ccc(C(=O)N2CCN(Cc3ccc(OC)c(F)c3)CC2)cc1OCC. The molecule has 0 atom stereocenters. The van der Waals surface area contributed by atoms with Crippen LogP contribution in [0.5, 0.6) is 17.2 Å². The molecule has 0 saturated carbocycles. The molecule has 1 fully saturated rings. The van der Waals surface area contributed by atoms with Crippen LogP contribution in [0.3, 0.4) is 0 Å². The predicted octanol–water partition coefficient (Wildman–Crippen LogP) is 3.59. The van der Waals surface area contributed by atoms with E-state index in [0.717, 1.165) is 18.7 Å². The second kappa shape index (κ2) is 10.3. The first kappa shape index (κ1) is 21.9. The maximum Gasteiger partial charge on any atom is 0.254 e. The number of benzene rings is 2. The molecule has 6 nitrogen and oxygen atoms in total. The Kier molecular flexibility index (Phi) is 7.52. The number of carbonyl (C=O) groups is 1. The third kappa shape index (κ3) is 5.21. The summed E-state index contributed by atoms with van der Waals surface area (Å²) in [7, 11) is 1.45. The average Bonchev–Trinajstić information content (AvgIpc) is 2.75. The third-order valence-electron chi connectivity index (χ3n) is 5.07. The molecular weight excluding hydrogens is 387 g/mol. The first-order valence-corrected chi connectivity index (χ1v) is 10.3. The number of amides is 1. The van der Waals surface area contributed by atoms with Crippen molar-refractivity contribution in [3.05, 3.63) is 53.3 Å². The monoisotopic (exact) mass is 416 g/mol. The highest BCUT2D eigenvalue weighted by Gasteiger charge is 2.23. The molecule has 1 saturated heterocycles. The van der Waals surface area contributed by atoms with Gasteiger partial charge in [0.1, 0.15) is 0 Å². The summed E-state index contributed by atoms with van der Waals surface area (Å²) in [6.07, 6.45) is 0. The number of ether oxygens (including phenoxy) is 3. The zero-order valence-corrected chi connectivity index (χ0v) is 17.8. The van der Waals surface area contributed by atoms with Crippen LogP contribution >= 0.6 is 0 Å². The van der Waals surface area contributed by atoms with Gasteiger partial charge in [0.05, 0.1) is 20.3 Å². The lowest BCUT2D eigenvalue weighted by atomic mass is 10.1. The fraction of sp³-hybridized carbons (Fsp3) is 0.435. The normalized spacial score (nSPS) is 14.5. The number of piperazine rings is 1. The summed E-state index contributed by atoms with van der Waals surface area (Å²) in [5.74, 6) is 1.10. The van der Waals surface area contributed by atoms with Crippen molar-refractivity contribution in [2.24, 2.45) is 0 Å². The van der Waals surface area contributed by atoms with Crippen molar-refractivity contribution in [2.75, 3.05) is 46.5 Å². The summed E-state index contributed by atoms with van der Waals surface area (Å²) < 4.78 is 30.1. The minimum atomic E-state index is -0.357. The minimum Gasteiger partial charge on any atom is -0.494 e. The zero-order chi connectivity index (χ0) is 21.5. The maximum atomic E-state index is 13.9. The van der Waals surface area contributed by atoms with Crippen molar-refractivity contribution in [1.82, 2.24) is 9.80 Å². The van der Waals surface area contributed by atoms with Gasteiger partial charge in [-0.3, -0.25) is 9.69 Å². The molecule has 0 radical (unpaired) electrons. The Morgan fingerprint density at radius 1 is 0.933 bits per heavy atom. The largest absolute Gasteiger partial charge is 0.494 e. The average molecular weight is 416 g/mol. The Bertz CT molecular complexity index is 866. The molecule has 0 aliphatic carbocycles. The Morgan fingerprint density at radius 2 is 1.60 bits per heavy atom. The molecule has 7 heteroatoms. The Morgan fingerprint density at radius 3 is 2.23 bits per heavy atom. The lowest BCUT2D eigenvalue weighted by Gasteiger charge is -2.35. The molecule has 2 aromatic carbocycles. The van der Waals surface area contributed by atoms with Crippen LogP contribution in [0.1, 0.15) is 29.8 Å². The van der Waals surface area contributed by atoms with Gasteiger partial charge < -0.3 is 19.1 Å². The van der Waals surface area contributed by atoms with Gasteiger partial charge in [-0.15, -0.1) is 0 Å². The number of hydrogen-bond donors (Lipinski definition) is 0. The van der Waals surface area contributed by atoms with E-state index in [1.807, 2.05) is 24.8 Å². The molecule has 1 heterocycles. The van der Waals surface area contributed by atoms with E-state index in [9.17, 15) is 9.18 Å². The van der Waals surface area contributed by atoms with Crippen LogP contribution in [0.2, 0.25) is 0 Å². The second-order valence-electron chi connectivity index (χ2n) is 7.06. The molecule has 30 heavy (non-hydrogen) atoms. The highest BCUT2D eigenvalue weighted by molar-refractivity contribution is 5.95. The quantitative estimate of drug-likeness (QED) is 0.658. The topological polar surface area (TPSA) is 51.2 Å². The van der Waals surface area contributed by atoms with E-state index in [2.05, 4.69) is 4.90 Å². The fourth-order valence-electron chi connectivity index (χ4n) is 3.54. The van der Waals surface area contributed by atoms with Gasteiger partial charge in [-0.2, -0.15) is 0 Å². The number of rotatable bonds is 8. The fourth-order valence-corrected chi connectivity index (χ4v) is 3.54. The summed E-state index contributed by atoms with van der Waals surface area (Å²) in [6, 6.07) is 10.3. The molecule has 0 N–H and O–H groups in total. The molecule has 162 valence electrons. The van der Waals surface area contributed by atoms with Crippen LogP contribution in [0.15, 0.2) is 36.4 Å². The van der Waals surface area contributed by atoms with Crippen LogP contribution in [-0.2, 0) is 6.54 Å². The van der Waals surface area contributed by atoms with Crippen molar-refractivity contribution in [3.63, 3.8) is 0 Å². The van der Waals surface area contributed by atoms with E-state index in [4.69, 9.17) is 14.2 Å². The Hall–Kier alpha value is -2.80. The van der Waals surface area contributed by atoms with Gasteiger partial charge >= 0.3 is 0 Å². The van der Waals surface area contributed by atoms with Crippen LogP contribution in [-0.4, -0.2) is 62.2 Å². The first-order valence-electron chi connectivity index (χ1n) is 10.3. The molecular formula is C23H29FN2O4. The van der Waals surface area contributed by atoms with Gasteiger partial charge in [0.25, 0.3) is 5.91 Å². The van der Waals surface area contributed by atoms with Crippen molar-refractivity contribution >= 4 is 5.91 Å². The van der Waals surface area contributed by atoms with E-state index in [1.165, 1.54) is 13.2 Å². The third-order valence-corrected chi connectivity index (χ3v) is 5.07. The van der Waals surface area contributed by atoms with E-state index >= 15 is 0 Å². The lowest BCUT2D eigenvalue weighted by Crippen LogP contribution is -2.48. The van der Waals surface area contributed by atoms with E-state index in [1.54, 1.807) is 24.3 Å². The van der Waals surface area contributed by atoms with E-state index in [0.29, 0.717) is 49.9 Å². The van der Waals surface area contributed by atoms with Crippen molar-refractivity contribution in [2.45, 2.75) is 20.4 Å². The number of halogens is 1. The van der Waals surface area contributed by atoms with E-state index in [-0.39, 0.29) is 17.5 Å². The molecule has 2 aromatic rings. The molecule has 3 rings (SSSR count). The summed E-state index contributed by atoms with van der Waals surface area (Å²) in [4.78, 5) is 17.0. The van der Waals surface area contributed by atoms with Crippen LogP contribution in [0.4, 0.5) is 4.39 Å². The molecule has 0 unspecified atom stereocenters. The number of methoxy groups -OCH3 is 1. The van der Waals surface area contributed by atoms with Crippen molar-refractivity contribution in [1.29, 1.82) is 0 Å². The molecule has 0 bridgehead atoms. The van der Waals surface area contributed by atoms with Gasteiger partial charge in [-0.25, -0.2) is 4.39 Å². The number of nitrogens with zero attached hydrogens (tertiary/aromatic N) is 2. The smallest absolute Gasteiger partial charge is 0.254 e. The van der Waals surface area contributed by atoms with Gasteiger partial charge in [0.15, 0.2) is 23.1 Å². The van der Waals surface area contributed by atoms with Crippen LogP contribution in [0, 0.1) is 5.82 Å². The van der Waals surface area contributed by atoms with Gasteiger partial charge in [0, 0.05) is 38.3 Å². The standard InChI is InChI=1S/C23H29FN2O4/c1-4-29-21-9-7-18(15-22(21)30-5-2)23(27)26-12-10-25(11-13-26)16-17-6-8-20(28-3)19(24)14-17/h6-9,14-15H,4-5,10-13,16H2,1-3H3. The van der Waals surface area contributed by atoms with Gasteiger partial charge in [-0.05, 0) is 49.7 Å². The summed E-state index contributed by atoms with van der Waals surface area (Å²) in [5, 5.41) is 0. The highest BCUT2D eigenvalue weighted by atomic mass is 19.1. The predicted molar refractivity (Wildman–Crippen MR) is 113 cm³/mol. The molecule has 0 aromatic heterocycles. The first-order chi connectivity index (χ1) is 14.5. The van der Waals surface area contributed by atoms with E-state index < -0.39 is 0 Å². The molecule has 0 spiro atoms. The molecule has 1 aliphatic heterocycles. The lowest BCUT2D eigenvalue weighted by molar-refractivity contribution is 0.0628. The molecule has 1 amide bonds. The molecule has 1 aliphatic rings.